The highest BCUT2D eigenvalue weighted by atomic mass is 16.7. The third-order valence-corrected chi connectivity index (χ3v) is 5.72. The van der Waals surface area contributed by atoms with Crippen LogP contribution >= 0.6 is 0 Å². The molecule has 0 amide bonds. The van der Waals surface area contributed by atoms with Gasteiger partial charge in [-0.3, -0.25) is 0 Å². The Morgan fingerprint density at radius 1 is 0.639 bits per heavy atom. The van der Waals surface area contributed by atoms with Crippen molar-refractivity contribution in [1.29, 1.82) is 0 Å². The van der Waals surface area contributed by atoms with Crippen LogP contribution in [0.2, 0.25) is 0 Å². The summed E-state index contributed by atoms with van der Waals surface area (Å²) in [6.07, 6.45) is 2.22. The molecule has 2 aromatic carbocycles. The zero-order valence-electron chi connectivity index (χ0n) is 21.8. The van der Waals surface area contributed by atoms with Gasteiger partial charge in [0.2, 0.25) is 0 Å². The molecule has 0 fully saturated rings. The van der Waals surface area contributed by atoms with Crippen molar-refractivity contribution >= 4 is 18.1 Å². The molecule has 0 aromatic heterocycles. The van der Waals surface area contributed by atoms with Crippen molar-refractivity contribution in [3.63, 3.8) is 0 Å². The van der Waals surface area contributed by atoms with Crippen LogP contribution in [-0.4, -0.2) is 31.3 Å². The van der Waals surface area contributed by atoms with Gasteiger partial charge in [0.1, 0.15) is 12.2 Å². The maximum absolute atomic E-state index is 13.1. The lowest BCUT2D eigenvalue weighted by atomic mass is 9.98. The van der Waals surface area contributed by atoms with Crippen molar-refractivity contribution in [3.05, 3.63) is 70.8 Å². The molecule has 2 rings (SSSR count). The molecule has 2 atom stereocenters. The predicted molar refractivity (Wildman–Crippen MR) is 137 cm³/mol. The van der Waals surface area contributed by atoms with E-state index in [0.29, 0.717) is 35.1 Å². The molecule has 196 valence electrons. The highest BCUT2D eigenvalue weighted by Gasteiger charge is 2.27. The molecule has 0 saturated carbocycles. The van der Waals surface area contributed by atoms with Crippen LogP contribution in [0.1, 0.15) is 110 Å². The van der Waals surface area contributed by atoms with Gasteiger partial charge in [0.05, 0.1) is 24.3 Å². The van der Waals surface area contributed by atoms with Gasteiger partial charge in [-0.1, -0.05) is 63.1 Å². The lowest BCUT2D eigenvalue weighted by Crippen LogP contribution is -2.20. The maximum Gasteiger partial charge on any atom is 0.509 e. The average Bonchev–Trinajstić information content (AvgIpc) is 2.89. The van der Waals surface area contributed by atoms with Gasteiger partial charge in [-0.2, -0.15) is 0 Å². The van der Waals surface area contributed by atoms with Crippen molar-refractivity contribution in [2.45, 2.75) is 78.4 Å². The summed E-state index contributed by atoms with van der Waals surface area (Å²) in [6.45, 7) is 8.06. The van der Waals surface area contributed by atoms with E-state index in [4.69, 9.17) is 18.9 Å². The van der Waals surface area contributed by atoms with Crippen LogP contribution < -0.4 is 0 Å². The topological polar surface area (TPSA) is 88.1 Å². The molecule has 36 heavy (non-hydrogen) atoms. The lowest BCUT2D eigenvalue weighted by Gasteiger charge is -2.24. The van der Waals surface area contributed by atoms with Crippen molar-refractivity contribution in [2.75, 3.05) is 13.2 Å². The fourth-order valence-electron chi connectivity index (χ4n) is 3.94. The van der Waals surface area contributed by atoms with Crippen LogP contribution in [0.5, 0.6) is 0 Å². The molecule has 2 aromatic rings. The molecule has 2 unspecified atom stereocenters. The van der Waals surface area contributed by atoms with Crippen LogP contribution in [0.3, 0.4) is 0 Å². The summed E-state index contributed by atoms with van der Waals surface area (Å²) in [5.41, 5.74) is 1.89. The largest absolute Gasteiger partial charge is 0.509 e. The standard InChI is InChI=1S/C29H38O7/c1-5-9-19-25(21-15-11-13-17-23(21)27(30)33-7-3)35-29(32)36-26(20-10-6-2)22-16-12-14-18-24(22)28(31)34-8-4/h11-18,25-26H,5-10,19-20H2,1-4H3. The summed E-state index contributed by atoms with van der Waals surface area (Å²) in [5, 5.41) is 0. The minimum absolute atomic E-state index is 0.245. The van der Waals surface area contributed by atoms with Gasteiger partial charge >= 0.3 is 18.1 Å². The third-order valence-electron chi connectivity index (χ3n) is 5.72. The minimum Gasteiger partial charge on any atom is -0.462 e. The Kier molecular flexibility index (Phi) is 12.5. The zero-order chi connectivity index (χ0) is 26.3. The first-order valence-corrected chi connectivity index (χ1v) is 12.9. The lowest BCUT2D eigenvalue weighted by molar-refractivity contribution is -0.00953. The highest BCUT2D eigenvalue weighted by Crippen LogP contribution is 2.31. The van der Waals surface area contributed by atoms with E-state index in [-0.39, 0.29) is 13.2 Å². The van der Waals surface area contributed by atoms with Gasteiger partial charge in [0.25, 0.3) is 0 Å². The van der Waals surface area contributed by atoms with Crippen molar-refractivity contribution in [2.24, 2.45) is 0 Å². The molecule has 0 radical (unpaired) electrons. The number of ether oxygens (including phenoxy) is 4. The van der Waals surface area contributed by atoms with E-state index in [1.54, 1.807) is 62.4 Å². The molecular formula is C29H38O7. The Hall–Kier alpha value is -3.35. The maximum atomic E-state index is 13.1. The predicted octanol–water partition coefficient (Wildman–Crippen LogP) is 7.36. The second-order valence-corrected chi connectivity index (χ2v) is 8.36. The Labute approximate surface area is 214 Å². The average molecular weight is 499 g/mol. The molecule has 0 bridgehead atoms. The van der Waals surface area contributed by atoms with Gasteiger partial charge in [-0.15, -0.1) is 0 Å². The summed E-state index contributed by atoms with van der Waals surface area (Å²) in [6, 6.07) is 14.0. The number of hydrogen-bond acceptors (Lipinski definition) is 7. The van der Waals surface area contributed by atoms with Gasteiger partial charge in [0, 0.05) is 11.1 Å². The number of rotatable bonds is 14. The number of carbonyl (C=O) groups excluding carboxylic acids is 3. The summed E-state index contributed by atoms with van der Waals surface area (Å²) >= 11 is 0. The van der Waals surface area contributed by atoms with Gasteiger partial charge < -0.3 is 18.9 Å². The fraction of sp³-hybridized carbons (Fsp3) is 0.483. The molecule has 0 aliphatic rings. The van der Waals surface area contributed by atoms with E-state index in [9.17, 15) is 14.4 Å². The second kappa shape index (κ2) is 15.6. The number of esters is 2. The minimum atomic E-state index is -0.852. The first kappa shape index (κ1) is 28.9. The Bertz CT molecular complexity index is 908. The number of unbranched alkanes of at least 4 members (excludes halogenated alkanes) is 2. The number of benzene rings is 2. The number of carbonyl (C=O) groups is 3. The molecule has 0 spiro atoms. The van der Waals surface area contributed by atoms with E-state index in [1.807, 2.05) is 13.8 Å². The van der Waals surface area contributed by atoms with Crippen molar-refractivity contribution in [1.82, 2.24) is 0 Å². The molecule has 0 N–H and O–H groups in total. The van der Waals surface area contributed by atoms with Crippen LogP contribution in [0.4, 0.5) is 4.79 Å². The Morgan fingerprint density at radius 3 is 1.39 bits per heavy atom. The molecule has 0 saturated heterocycles. The normalized spacial score (nSPS) is 12.3. The smallest absolute Gasteiger partial charge is 0.462 e. The molecular weight excluding hydrogens is 460 g/mol. The molecule has 7 heteroatoms. The third kappa shape index (κ3) is 8.40. The van der Waals surface area contributed by atoms with Crippen LogP contribution in [0.15, 0.2) is 48.5 Å². The van der Waals surface area contributed by atoms with Gasteiger partial charge in [-0.25, -0.2) is 14.4 Å². The zero-order valence-corrected chi connectivity index (χ0v) is 21.8. The quantitative estimate of drug-likeness (QED) is 0.199. The van der Waals surface area contributed by atoms with Crippen molar-refractivity contribution in [3.8, 4) is 0 Å². The van der Waals surface area contributed by atoms with Crippen LogP contribution in [0, 0.1) is 0 Å². The van der Waals surface area contributed by atoms with E-state index in [1.165, 1.54) is 0 Å². The van der Waals surface area contributed by atoms with E-state index < -0.39 is 30.3 Å². The monoisotopic (exact) mass is 498 g/mol. The summed E-state index contributed by atoms with van der Waals surface area (Å²) in [5.74, 6) is -0.925. The first-order valence-electron chi connectivity index (χ1n) is 12.9. The van der Waals surface area contributed by atoms with Crippen LogP contribution in [0.25, 0.3) is 0 Å². The first-order chi connectivity index (χ1) is 17.5. The summed E-state index contributed by atoms with van der Waals surface area (Å²) in [7, 11) is 0. The van der Waals surface area contributed by atoms with Crippen molar-refractivity contribution < 1.29 is 33.3 Å². The molecule has 0 aliphatic carbocycles. The van der Waals surface area contributed by atoms with E-state index in [2.05, 4.69) is 0 Å². The SMILES string of the molecule is CCCCC(OC(=O)OC(CCCC)c1ccccc1C(=O)OCC)c1ccccc1C(=O)OCC. The highest BCUT2D eigenvalue weighted by molar-refractivity contribution is 5.92. The van der Waals surface area contributed by atoms with Crippen LogP contribution in [-0.2, 0) is 18.9 Å². The molecule has 0 aliphatic heterocycles. The summed E-state index contributed by atoms with van der Waals surface area (Å²) in [4.78, 5) is 38.1. The fourth-order valence-corrected chi connectivity index (χ4v) is 3.94. The second-order valence-electron chi connectivity index (χ2n) is 8.36. The number of hydrogen-bond donors (Lipinski definition) is 0. The molecule has 0 heterocycles. The van der Waals surface area contributed by atoms with E-state index in [0.717, 1.165) is 25.7 Å². The van der Waals surface area contributed by atoms with Gasteiger partial charge in [0.15, 0.2) is 0 Å². The Morgan fingerprint density at radius 2 is 1.03 bits per heavy atom. The molecule has 7 nitrogen and oxygen atoms in total. The Balaban J connectivity index is 2.31. The summed E-state index contributed by atoms with van der Waals surface area (Å²) < 4.78 is 22.0. The van der Waals surface area contributed by atoms with E-state index >= 15 is 0 Å². The van der Waals surface area contributed by atoms with Gasteiger partial charge in [-0.05, 0) is 51.7 Å².